The molecule has 0 N–H and O–H groups in total. The molecule has 0 aromatic heterocycles. The maximum Gasteiger partial charge on any atom is 0.119 e. The Balaban J connectivity index is 1.48. The Morgan fingerprint density at radius 1 is 1.00 bits per heavy atom. The predicted octanol–water partition coefficient (Wildman–Crippen LogP) is 5.15. The summed E-state index contributed by atoms with van der Waals surface area (Å²) in [4.78, 5) is 5.05. The lowest BCUT2D eigenvalue weighted by atomic mass is 9.76. The number of hydrogen-bond acceptors (Lipinski definition) is 3. The Kier molecular flexibility index (Phi) is 7.22. The number of ether oxygens (including phenoxy) is 1. The summed E-state index contributed by atoms with van der Waals surface area (Å²) in [6, 6.07) is 8.96. The van der Waals surface area contributed by atoms with Crippen molar-refractivity contribution in [3.8, 4) is 5.75 Å². The summed E-state index contributed by atoms with van der Waals surface area (Å²) >= 11 is 0. The molecule has 2 aliphatic rings. The van der Waals surface area contributed by atoms with E-state index >= 15 is 0 Å². The van der Waals surface area contributed by atoms with Crippen LogP contribution in [0.2, 0.25) is 0 Å². The molecule has 3 rings (SSSR count). The number of likely N-dealkylation sites (tertiary alicyclic amines) is 1. The number of rotatable bonds is 7. The maximum absolute atomic E-state index is 6.05. The molecule has 3 nitrogen and oxygen atoms in total. The summed E-state index contributed by atoms with van der Waals surface area (Å²) < 4.78 is 6.05. The van der Waals surface area contributed by atoms with Crippen molar-refractivity contribution in [1.29, 1.82) is 0 Å². The van der Waals surface area contributed by atoms with Crippen LogP contribution in [0, 0.1) is 11.8 Å². The van der Waals surface area contributed by atoms with Gasteiger partial charge in [-0.1, -0.05) is 45.2 Å². The molecule has 1 aliphatic carbocycles. The third-order valence-electron chi connectivity index (χ3n) is 6.76. The topological polar surface area (TPSA) is 15.7 Å². The van der Waals surface area contributed by atoms with Crippen molar-refractivity contribution in [3.63, 3.8) is 0 Å². The SMILES string of the molecule is C[C@H]1C[C@H](C)CN(CCCOc2ccc(C3(N(C)C)CCCCC3)cc2)C1. The van der Waals surface area contributed by atoms with Crippen LogP contribution >= 0.6 is 0 Å². The van der Waals surface area contributed by atoms with Crippen molar-refractivity contribution in [2.75, 3.05) is 40.3 Å². The Bertz CT molecular complexity index is 552. The predicted molar refractivity (Wildman–Crippen MR) is 114 cm³/mol. The van der Waals surface area contributed by atoms with E-state index in [1.54, 1.807) is 0 Å². The van der Waals surface area contributed by atoms with Gasteiger partial charge in [0.1, 0.15) is 5.75 Å². The second-order valence-corrected chi connectivity index (χ2v) is 9.42. The van der Waals surface area contributed by atoms with Gasteiger partial charge in [0.15, 0.2) is 0 Å². The first-order valence-corrected chi connectivity index (χ1v) is 11.1. The fraction of sp³-hybridized carbons (Fsp3) is 0.750. The second-order valence-electron chi connectivity index (χ2n) is 9.42. The normalized spacial score (nSPS) is 26.3. The lowest BCUT2D eigenvalue weighted by molar-refractivity contribution is 0.0987. The molecule has 3 heteroatoms. The maximum atomic E-state index is 6.05. The van der Waals surface area contributed by atoms with Crippen LogP contribution < -0.4 is 4.74 Å². The molecule has 1 heterocycles. The van der Waals surface area contributed by atoms with Crippen LogP contribution in [0.25, 0.3) is 0 Å². The van der Waals surface area contributed by atoms with Gasteiger partial charge in [-0.05, 0) is 69.3 Å². The molecule has 0 amide bonds. The van der Waals surface area contributed by atoms with E-state index < -0.39 is 0 Å². The minimum absolute atomic E-state index is 0.221. The molecule has 1 aromatic rings. The third kappa shape index (κ3) is 5.26. The number of hydrogen-bond donors (Lipinski definition) is 0. The standard InChI is InChI=1S/C24H40N2O/c1-20-17-21(2)19-26(18-20)15-8-16-27-23-11-9-22(10-12-23)24(25(3)4)13-6-5-7-14-24/h9-12,20-21H,5-8,13-19H2,1-4H3/t20-,21-/m0/s1. The first kappa shape index (κ1) is 20.7. The summed E-state index contributed by atoms with van der Waals surface area (Å²) in [5.41, 5.74) is 1.68. The van der Waals surface area contributed by atoms with E-state index in [4.69, 9.17) is 4.74 Å². The lowest BCUT2D eigenvalue weighted by Gasteiger charge is -2.43. The molecule has 0 bridgehead atoms. The zero-order valence-corrected chi connectivity index (χ0v) is 18.0. The molecule has 1 saturated carbocycles. The van der Waals surface area contributed by atoms with Crippen LogP contribution in [0.1, 0.15) is 64.4 Å². The highest BCUT2D eigenvalue weighted by Crippen LogP contribution is 2.41. The molecule has 1 aromatic carbocycles. The van der Waals surface area contributed by atoms with Crippen molar-refractivity contribution >= 4 is 0 Å². The van der Waals surface area contributed by atoms with Crippen LogP contribution in [0.3, 0.4) is 0 Å². The van der Waals surface area contributed by atoms with Crippen LogP contribution in [0.15, 0.2) is 24.3 Å². The Morgan fingerprint density at radius 2 is 1.63 bits per heavy atom. The van der Waals surface area contributed by atoms with Crippen molar-refractivity contribution in [1.82, 2.24) is 9.80 Å². The highest BCUT2D eigenvalue weighted by molar-refractivity contribution is 5.32. The van der Waals surface area contributed by atoms with Crippen LogP contribution in [-0.4, -0.2) is 50.1 Å². The van der Waals surface area contributed by atoms with Crippen molar-refractivity contribution in [2.45, 2.75) is 64.3 Å². The zero-order valence-electron chi connectivity index (χ0n) is 18.0. The quantitative estimate of drug-likeness (QED) is 0.615. The fourth-order valence-electron chi connectivity index (χ4n) is 5.44. The Labute approximate surface area is 167 Å². The van der Waals surface area contributed by atoms with Gasteiger partial charge in [-0.15, -0.1) is 0 Å². The summed E-state index contributed by atoms with van der Waals surface area (Å²) in [6.45, 7) is 9.26. The Morgan fingerprint density at radius 3 is 2.22 bits per heavy atom. The first-order chi connectivity index (χ1) is 13.0. The number of piperidine rings is 1. The second kappa shape index (κ2) is 9.43. The zero-order chi connectivity index (χ0) is 19.3. The van der Waals surface area contributed by atoms with Gasteiger partial charge < -0.3 is 9.64 Å². The van der Waals surface area contributed by atoms with E-state index in [9.17, 15) is 0 Å². The van der Waals surface area contributed by atoms with Crippen molar-refractivity contribution in [2.24, 2.45) is 11.8 Å². The summed E-state index contributed by atoms with van der Waals surface area (Å²) in [6.07, 6.45) is 9.09. The van der Waals surface area contributed by atoms with E-state index in [0.717, 1.165) is 37.2 Å². The Hall–Kier alpha value is -1.06. The molecule has 27 heavy (non-hydrogen) atoms. The molecule has 0 spiro atoms. The van der Waals surface area contributed by atoms with Gasteiger partial charge in [0, 0.05) is 25.2 Å². The third-order valence-corrected chi connectivity index (χ3v) is 6.76. The van der Waals surface area contributed by atoms with Gasteiger partial charge in [-0.25, -0.2) is 0 Å². The highest BCUT2D eigenvalue weighted by atomic mass is 16.5. The van der Waals surface area contributed by atoms with Gasteiger partial charge >= 0.3 is 0 Å². The van der Waals surface area contributed by atoms with Gasteiger partial charge in [0.2, 0.25) is 0 Å². The van der Waals surface area contributed by atoms with Crippen LogP contribution in [0.4, 0.5) is 0 Å². The number of nitrogens with zero attached hydrogens (tertiary/aromatic N) is 2. The van der Waals surface area contributed by atoms with Gasteiger partial charge in [-0.2, -0.15) is 0 Å². The van der Waals surface area contributed by atoms with Crippen LogP contribution in [-0.2, 0) is 5.54 Å². The van der Waals surface area contributed by atoms with Crippen molar-refractivity contribution < 1.29 is 4.74 Å². The van der Waals surface area contributed by atoms with Crippen molar-refractivity contribution in [3.05, 3.63) is 29.8 Å². The lowest BCUT2D eigenvalue weighted by Crippen LogP contribution is -2.42. The minimum atomic E-state index is 0.221. The summed E-state index contributed by atoms with van der Waals surface area (Å²) in [5, 5.41) is 0. The minimum Gasteiger partial charge on any atom is -0.494 e. The van der Waals surface area contributed by atoms with Gasteiger partial charge in [0.25, 0.3) is 0 Å². The van der Waals surface area contributed by atoms with E-state index in [2.05, 4.69) is 62.0 Å². The first-order valence-electron chi connectivity index (χ1n) is 11.1. The molecule has 1 aliphatic heterocycles. The summed E-state index contributed by atoms with van der Waals surface area (Å²) in [7, 11) is 4.47. The smallest absolute Gasteiger partial charge is 0.119 e. The van der Waals surface area contributed by atoms with Gasteiger partial charge in [0.05, 0.1) is 6.61 Å². The molecule has 0 radical (unpaired) electrons. The summed E-state index contributed by atoms with van der Waals surface area (Å²) in [5.74, 6) is 2.70. The molecule has 1 saturated heterocycles. The average molecular weight is 373 g/mol. The molecule has 2 atom stereocenters. The van der Waals surface area contributed by atoms with E-state index in [-0.39, 0.29) is 5.54 Å². The molecular formula is C24H40N2O. The largest absolute Gasteiger partial charge is 0.494 e. The highest BCUT2D eigenvalue weighted by Gasteiger charge is 2.35. The molecule has 2 fully saturated rings. The van der Waals surface area contributed by atoms with E-state index in [1.165, 1.54) is 57.2 Å². The van der Waals surface area contributed by atoms with Crippen LogP contribution in [0.5, 0.6) is 5.75 Å². The van der Waals surface area contributed by atoms with E-state index in [1.807, 2.05) is 0 Å². The van der Waals surface area contributed by atoms with Gasteiger partial charge in [-0.3, -0.25) is 4.90 Å². The molecule has 0 unspecified atom stereocenters. The fourth-order valence-corrected chi connectivity index (χ4v) is 5.44. The number of benzene rings is 1. The van der Waals surface area contributed by atoms with E-state index in [0.29, 0.717) is 0 Å². The average Bonchev–Trinajstić information content (AvgIpc) is 2.65. The monoisotopic (exact) mass is 372 g/mol. The molecular weight excluding hydrogens is 332 g/mol. The molecule has 152 valence electrons.